The number of pyridine rings is 1. The second kappa shape index (κ2) is 8.86. The SMILES string of the molecule is Cc1cc(C(=O)CSc2nnc(-c3ccncc3)n2C)c(C)n1-c1cc(Cl)cc(Cl)c1. The van der Waals surface area contributed by atoms with Crippen LogP contribution in [0, 0.1) is 13.8 Å². The molecule has 0 saturated heterocycles. The Hall–Kier alpha value is -2.61. The molecule has 158 valence electrons. The summed E-state index contributed by atoms with van der Waals surface area (Å²) in [4.78, 5) is 17.0. The molecular formula is C22H19Cl2N5OS. The summed E-state index contributed by atoms with van der Waals surface area (Å²) >= 11 is 13.7. The van der Waals surface area contributed by atoms with Crippen molar-refractivity contribution in [1.29, 1.82) is 0 Å². The highest BCUT2D eigenvalue weighted by atomic mass is 35.5. The maximum absolute atomic E-state index is 13.0. The number of rotatable bonds is 6. The Balaban J connectivity index is 1.55. The summed E-state index contributed by atoms with van der Waals surface area (Å²) in [6.07, 6.45) is 3.42. The van der Waals surface area contributed by atoms with Crippen LogP contribution in [0.5, 0.6) is 0 Å². The largest absolute Gasteiger partial charge is 0.318 e. The number of nitrogens with zero attached hydrogens (tertiary/aromatic N) is 5. The maximum Gasteiger partial charge on any atom is 0.191 e. The van der Waals surface area contributed by atoms with Gasteiger partial charge in [0.25, 0.3) is 0 Å². The summed E-state index contributed by atoms with van der Waals surface area (Å²) in [5.41, 5.74) is 4.19. The van der Waals surface area contributed by atoms with E-state index in [4.69, 9.17) is 23.2 Å². The van der Waals surface area contributed by atoms with Crippen LogP contribution in [-0.4, -0.2) is 35.9 Å². The molecule has 0 amide bonds. The number of benzene rings is 1. The number of Topliss-reactive ketones (excluding diaryl/α,β-unsaturated/α-hetero) is 1. The Morgan fingerprint density at radius 2 is 1.71 bits per heavy atom. The topological polar surface area (TPSA) is 65.6 Å². The molecule has 3 heterocycles. The fourth-order valence-corrected chi connectivity index (χ4v) is 4.82. The summed E-state index contributed by atoms with van der Waals surface area (Å²) in [5.74, 6) is 1.00. The van der Waals surface area contributed by atoms with Crippen molar-refractivity contribution in [2.45, 2.75) is 19.0 Å². The molecule has 0 fully saturated rings. The van der Waals surface area contributed by atoms with E-state index in [1.54, 1.807) is 18.5 Å². The molecule has 0 aliphatic heterocycles. The van der Waals surface area contributed by atoms with E-state index < -0.39 is 0 Å². The van der Waals surface area contributed by atoms with E-state index in [1.807, 2.05) is 60.4 Å². The van der Waals surface area contributed by atoms with Gasteiger partial charge >= 0.3 is 0 Å². The highest BCUT2D eigenvalue weighted by Gasteiger charge is 2.19. The third-order valence-electron chi connectivity index (χ3n) is 4.94. The lowest BCUT2D eigenvalue weighted by molar-refractivity contribution is 0.102. The van der Waals surface area contributed by atoms with Crippen LogP contribution in [0.2, 0.25) is 10.0 Å². The van der Waals surface area contributed by atoms with E-state index in [2.05, 4.69) is 15.2 Å². The van der Waals surface area contributed by atoms with Crippen molar-refractivity contribution in [2.75, 3.05) is 5.75 Å². The zero-order chi connectivity index (χ0) is 22.1. The van der Waals surface area contributed by atoms with E-state index in [-0.39, 0.29) is 11.5 Å². The monoisotopic (exact) mass is 471 g/mol. The Morgan fingerprint density at radius 1 is 1.03 bits per heavy atom. The van der Waals surface area contributed by atoms with Gasteiger partial charge in [-0.15, -0.1) is 10.2 Å². The summed E-state index contributed by atoms with van der Waals surface area (Å²) in [6.45, 7) is 3.87. The molecular weight excluding hydrogens is 453 g/mol. The van der Waals surface area contributed by atoms with Gasteiger partial charge in [0.2, 0.25) is 0 Å². The van der Waals surface area contributed by atoms with Gasteiger partial charge in [0.15, 0.2) is 16.8 Å². The molecule has 0 aliphatic rings. The molecule has 0 radical (unpaired) electrons. The van der Waals surface area contributed by atoms with Crippen LogP contribution in [0.15, 0.2) is 53.9 Å². The number of thioether (sulfide) groups is 1. The van der Waals surface area contributed by atoms with E-state index in [0.717, 1.165) is 28.5 Å². The van der Waals surface area contributed by atoms with Crippen molar-refractivity contribution in [1.82, 2.24) is 24.3 Å². The first kappa shape index (κ1) is 21.6. The molecule has 4 aromatic rings. The molecule has 3 aromatic heterocycles. The van der Waals surface area contributed by atoms with Gasteiger partial charge in [-0.25, -0.2) is 0 Å². The van der Waals surface area contributed by atoms with Crippen LogP contribution < -0.4 is 0 Å². The first-order chi connectivity index (χ1) is 14.8. The minimum absolute atomic E-state index is 0.0194. The number of carbonyl (C=O) groups is 1. The molecule has 0 unspecified atom stereocenters. The van der Waals surface area contributed by atoms with Crippen LogP contribution >= 0.6 is 35.0 Å². The first-order valence-corrected chi connectivity index (χ1v) is 11.2. The third-order valence-corrected chi connectivity index (χ3v) is 6.40. The molecule has 0 N–H and O–H groups in total. The maximum atomic E-state index is 13.0. The molecule has 9 heteroatoms. The number of carbonyl (C=O) groups excluding carboxylic acids is 1. The van der Waals surface area contributed by atoms with Crippen LogP contribution in [0.4, 0.5) is 0 Å². The lowest BCUT2D eigenvalue weighted by atomic mass is 10.2. The summed E-state index contributed by atoms with van der Waals surface area (Å²) in [7, 11) is 1.89. The van der Waals surface area contributed by atoms with Gasteiger partial charge in [0, 0.05) is 57.7 Å². The minimum atomic E-state index is 0.0194. The van der Waals surface area contributed by atoms with Crippen LogP contribution in [0.25, 0.3) is 17.1 Å². The van der Waals surface area contributed by atoms with Gasteiger partial charge in [-0.1, -0.05) is 35.0 Å². The average Bonchev–Trinajstić information content (AvgIpc) is 3.25. The lowest BCUT2D eigenvalue weighted by Crippen LogP contribution is -2.06. The van der Waals surface area contributed by atoms with Crippen molar-refractivity contribution in [3.63, 3.8) is 0 Å². The molecule has 1 aromatic carbocycles. The normalized spacial score (nSPS) is 11.1. The predicted molar refractivity (Wildman–Crippen MR) is 125 cm³/mol. The van der Waals surface area contributed by atoms with E-state index in [9.17, 15) is 4.79 Å². The molecule has 4 rings (SSSR count). The van der Waals surface area contributed by atoms with Crippen molar-refractivity contribution in [3.8, 4) is 17.1 Å². The zero-order valence-corrected chi connectivity index (χ0v) is 19.5. The highest BCUT2D eigenvalue weighted by molar-refractivity contribution is 7.99. The summed E-state index contributed by atoms with van der Waals surface area (Å²) in [5, 5.41) is 10.3. The smallest absolute Gasteiger partial charge is 0.191 e. The standard InChI is InChI=1S/C22H19Cl2N5OS/c1-13-8-19(14(2)29(13)18-10-16(23)9-17(24)11-18)20(30)12-31-22-27-26-21(28(22)3)15-4-6-25-7-5-15/h4-11H,12H2,1-3H3. The van der Waals surface area contributed by atoms with Gasteiger partial charge in [0.05, 0.1) is 5.75 Å². The molecule has 6 nitrogen and oxygen atoms in total. The molecule has 0 saturated carbocycles. The van der Waals surface area contributed by atoms with Crippen LogP contribution in [-0.2, 0) is 7.05 Å². The van der Waals surface area contributed by atoms with Gasteiger partial charge in [-0.3, -0.25) is 9.78 Å². The van der Waals surface area contributed by atoms with Crippen LogP contribution in [0.3, 0.4) is 0 Å². The van der Waals surface area contributed by atoms with Crippen molar-refractivity contribution in [2.24, 2.45) is 7.05 Å². The molecule has 0 aliphatic carbocycles. The van der Waals surface area contributed by atoms with Gasteiger partial charge in [-0.05, 0) is 50.2 Å². The number of halogens is 2. The Labute approximate surface area is 194 Å². The second-order valence-electron chi connectivity index (χ2n) is 7.06. The Bertz CT molecular complexity index is 1250. The number of ketones is 1. The van der Waals surface area contributed by atoms with Gasteiger partial charge in [0.1, 0.15) is 0 Å². The average molecular weight is 472 g/mol. The van der Waals surface area contributed by atoms with Crippen molar-refractivity contribution in [3.05, 3.63) is 75.8 Å². The quantitative estimate of drug-likeness (QED) is 0.271. The minimum Gasteiger partial charge on any atom is -0.318 e. The third kappa shape index (κ3) is 4.39. The molecule has 0 atom stereocenters. The fraction of sp³-hybridized carbons (Fsp3) is 0.182. The fourth-order valence-electron chi connectivity index (χ4n) is 3.51. The number of hydrogen-bond acceptors (Lipinski definition) is 5. The summed E-state index contributed by atoms with van der Waals surface area (Å²) < 4.78 is 3.87. The Morgan fingerprint density at radius 3 is 2.39 bits per heavy atom. The zero-order valence-electron chi connectivity index (χ0n) is 17.1. The number of aryl methyl sites for hydroxylation is 1. The Kier molecular flexibility index (Phi) is 6.18. The van der Waals surface area contributed by atoms with Crippen LogP contribution in [0.1, 0.15) is 21.7 Å². The molecule has 0 bridgehead atoms. The van der Waals surface area contributed by atoms with Crippen molar-refractivity contribution >= 4 is 40.7 Å². The number of hydrogen-bond donors (Lipinski definition) is 0. The molecule has 0 spiro atoms. The van der Waals surface area contributed by atoms with E-state index in [0.29, 0.717) is 20.8 Å². The van der Waals surface area contributed by atoms with E-state index >= 15 is 0 Å². The van der Waals surface area contributed by atoms with Gasteiger partial charge < -0.3 is 9.13 Å². The first-order valence-electron chi connectivity index (χ1n) is 9.46. The lowest BCUT2D eigenvalue weighted by Gasteiger charge is -2.11. The van der Waals surface area contributed by atoms with E-state index in [1.165, 1.54) is 11.8 Å². The second-order valence-corrected chi connectivity index (χ2v) is 8.88. The summed E-state index contributed by atoms with van der Waals surface area (Å²) in [6, 6.07) is 11.0. The van der Waals surface area contributed by atoms with Gasteiger partial charge in [-0.2, -0.15) is 0 Å². The van der Waals surface area contributed by atoms with Crippen molar-refractivity contribution < 1.29 is 4.79 Å². The molecule has 31 heavy (non-hydrogen) atoms. The number of aromatic nitrogens is 5. The predicted octanol–water partition coefficient (Wildman–Crippen LogP) is 5.57. The highest BCUT2D eigenvalue weighted by Crippen LogP contribution is 2.28.